The van der Waals surface area contributed by atoms with Crippen molar-refractivity contribution in [2.75, 3.05) is 17.2 Å². The molecule has 102 valence electrons. The minimum Gasteiger partial charge on any atom is -0.504 e. The molecule has 0 fully saturated rings. The van der Waals surface area contributed by atoms with Gasteiger partial charge in [-0.15, -0.1) is 0 Å². The Hall–Kier alpha value is -2.69. The van der Waals surface area contributed by atoms with E-state index in [0.717, 1.165) is 17.7 Å². The van der Waals surface area contributed by atoms with E-state index in [1.54, 1.807) is 11.0 Å². The second kappa shape index (κ2) is 4.45. The summed E-state index contributed by atoms with van der Waals surface area (Å²) in [5.41, 5.74) is 8.59. The van der Waals surface area contributed by atoms with Crippen molar-refractivity contribution in [1.82, 2.24) is 0 Å². The highest BCUT2D eigenvalue weighted by Gasteiger charge is 2.26. The summed E-state index contributed by atoms with van der Waals surface area (Å²) in [6.45, 7) is 0.583. The highest BCUT2D eigenvalue weighted by Crippen LogP contribution is 2.32. The number of anilines is 2. The van der Waals surface area contributed by atoms with Crippen LogP contribution in [0.15, 0.2) is 36.4 Å². The largest absolute Gasteiger partial charge is 0.504 e. The number of aromatic hydroxyl groups is 2. The van der Waals surface area contributed by atoms with Gasteiger partial charge < -0.3 is 20.8 Å². The van der Waals surface area contributed by atoms with E-state index >= 15 is 0 Å². The van der Waals surface area contributed by atoms with Gasteiger partial charge in [0.05, 0.1) is 0 Å². The Kier molecular flexibility index (Phi) is 2.75. The number of benzene rings is 2. The van der Waals surface area contributed by atoms with Crippen molar-refractivity contribution in [2.24, 2.45) is 0 Å². The summed E-state index contributed by atoms with van der Waals surface area (Å²) in [5.74, 6) is -0.764. The highest BCUT2D eigenvalue weighted by atomic mass is 16.3. The van der Waals surface area contributed by atoms with Crippen molar-refractivity contribution in [3.63, 3.8) is 0 Å². The summed E-state index contributed by atoms with van der Waals surface area (Å²) in [6.07, 6.45) is 0.783. The van der Waals surface area contributed by atoms with E-state index in [1.165, 1.54) is 18.2 Å². The molecule has 0 saturated carbocycles. The molecule has 0 saturated heterocycles. The Labute approximate surface area is 115 Å². The molecular formula is C15H14N2O3. The van der Waals surface area contributed by atoms with Gasteiger partial charge in [0, 0.05) is 23.5 Å². The van der Waals surface area contributed by atoms with Crippen LogP contribution in [0.4, 0.5) is 11.4 Å². The Balaban J connectivity index is 1.97. The number of amides is 1. The predicted octanol–water partition coefficient (Wildman–Crippen LogP) is 1.88. The fraction of sp³-hybridized carbons (Fsp3) is 0.133. The van der Waals surface area contributed by atoms with Gasteiger partial charge in [-0.1, -0.05) is 6.07 Å². The molecule has 20 heavy (non-hydrogen) atoms. The first-order chi connectivity index (χ1) is 9.56. The van der Waals surface area contributed by atoms with Crippen molar-refractivity contribution < 1.29 is 15.0 Å². The van der Waals surface area contributed by atoms with E-state index in [1.807, 2.05) is 12.1 Å². The van der Waals surface area contributed by atoms with Gasteiger partial charge in [0.25, 0.3) is 5.91 Å². The van der Waals surface area contributed by atoms with Crippen LogP contribution in [-0.2, 0) is 6.42 Å². The molecule has 1 aliphatic heterocycles. The summed E-state index contributed by atoms with van der Waals surface area (Å²) < 4.78 is 0. The number of phenols is 2. The number of nitrogens with zero attached hydrogens (tertiary/aromatic N) is 1. The zero-order valence-corrected chi connectivity index (χ0v) is 10.7. The quantitative estimate of drug-likeness (QED) is 0.545. The molecule has 3 rings (SSSR count). The number of rotatable bonds is 1. The van der Waals surface area contributed by atoms with Crippen molar-refractivity contribution >= 4 is 17.3 Å². The summed E-state index contributed by atoms with van der Waals surface area (Å²) in [4.78, 5) is 14.1. The zero-order valence-electron chi connectivity index (χ0n) is 10.7. The van der Waals surface area contributed by atoms with Crippen molar-refractivity contribution in [3.05, 3.63) is 47.5 Å². The van der Waals surface area contributed by atoms with E-state index in [9.17, 15) is 15.0 Å². The molecule has 0 bridgehead atoms. The second-order valence-corrected chi connectivity index (χ2v) is 4.80. The first kappa shape index (κ1) is 12.3. The zero-order chi connectivity index (χ0) is 14.3. The summed E-state index contributed by atoms with van der Waals surface area (Å²) in [5, 5.41) is 18.8. The molecule has 1 aliphatic rings. The Morgan fingerprint density at radius 2 is 1.90 bits per heavy atom. The van der Waals surface area contributed by atoms with Gasteiger partial charge in [-0.25, -0.2) is 0 Å². The number of carbonyl (C=O) groups excluding carboxylic acids is 1. The average molecular weight is 270 g/mol. The first-order valence-corrected chi connectivity index (χ1v) is 6.28. The third-order valence-electron chi connectivity index (χ3n) is 3.47. The van der Waals surface area contributed by atoms with Gasteiger partial charge in [-0.3, -0.25) is 4.79 Å². The molecule has 5 heteroatoms. The van der Waals surface area contributed by atoms with E-state index < -0.39 is 0 Å². The summed E-state index contributed by atoms with van der Waals surface area (Å²) in [6, 6.07) is 9.58. The van der Waals surface area contributed by atoms with Gasteiger partial charge in [0.1, 0.15) is 0 Å². The lowest BCUT2D eigenvalue weighted by Gasteiger charge is -2.18. The molecule has 2 aromatic rings. The van der Waals surface area contributed by atoms with Crippen LogP contribution in [0.3, 0.4) is 0 Å². The maximum absolute atomic E-state index is 12.5. The highest BCUT2D eigenvalue weighted by molar-refractivity contribution is 6.07. The SMILES string of the molecule is Nc1ccc2c(c1)N(C(=O)c1ccc(O)c(O)c1)CC2. The first-order valence-electron chi connectivity index (χ1n) is 6.28. The standard InChI is InChI=1S/C15H14N2O3/c16-11-3-1-9-5-6-17(12(9)8-11)15(20)10-2-4-13(18)14(19)7-10/h1-4,7-8,18-19H,5-6,16H2. The van der Waals surface area contributed by atoms with Crippen molar-refractivity contribution in [2.45, 2.75) is 6.42 Å². The molecule has 4 N–H and O–H groups in total. The molecular weight excluding hydrogens is 256 g/mol. The number of hydrogen-bond acceptors (Lipinski definition) is 4. The van der Waals surface area contributed by atoms with Gasteiger partial charge in [-0.05, 0) is 42.3 Å². The number of carbonyl (C=O) groups is 1. The normalized spacial score (nSPS) is 13.3. The lowest BCUT2D eigenvalue weighted by Crippen LogP contribution is -2.28. The fourth-order valence-corrected chi connectivity index (χ4v) is 2.42. The Morgan fingerprint density at radius 3 is 2.65 bits per heavy atom. The molecule has 5 nitrogen and oxygen atoms in total. The maximum atomic E-state index is 12.5. The number of hydrogen-bond donors (Lipinski definition) is 3. The molecule has 1 heterocycles. The second-order valence-electron chi connectivity index (χ2n) is 4.80. The van der Waals surface area contributed by atoms with Crippen LogP contribution >= 0.6 is 0 Å². The van der Waals surface area contributed by atoms with Crippen LogP contribution < -0.4 is 10.6 Å². The van der Waals surface area contributed by atoms with Gasteiger partial charge >= 0.3 is 0 Å². The van der Waals surface area contributed by atoms with E-state index in [2.05, 4.69) is 0 Å². The predicted molar refractivity (Wildman–Crippen MR) is 76.0 cm³/mol. The Morgan fingerprint density at radius 1 is 1.10 bits per heavy atom. The van der Waals surface area contributed by atoms with Crippen molar-refractivity contribution in [3.8, 4) is 11.5 Å². The number of phenolic OH excluding ortho intramolecular Hbond substituents is 2. The van der Waals surface area contributed by atoms with E-state index in [4.69, 9.17) is 5.73 Å². The molecule has 0 aliphatic carbocycles. The van der Waals surface area contributed by atoms with E-state index in [0.29, 0.717) is 17.8 Å². The summed E-state index contributed by atoms with van der Waals surface area (Å²) >= 11 is 0. The fourth-order valence-electron chi connectivity index (χ4n) is 2.42. The lowest BCUT2D eigenvalue weighted by atomic mass is 10.1. The molecule has 1 amide bonds. The van der Waals surface area contributed by atoms with Crippen molar-refractivity contribution in [1.29, 1.82) is 0 Å². The third kappa shape index (κ3) is 1.93. The monoisotopic (exact) mass is 270 g/mol. The minimum absolute atomic E-state index is 0.218. The molecule has 0 unspecified atom stereocenters. The molecule has 2 aromatic carbocycles. The van der Waals surface area contributed by atoms with Crippen LogP contribution in [0, 0.1) is 0 Å². The third-order valence-corrected chi connectivity index (χ3v) is 3.47. The van der Waals surface area contributed by atoms with Gasteiger partial charge in [0.15, 0.2) is 11.5 Å². The summed E-state index contributed by atoms with van der Waals surface area (Å²) in [7, 11) is 0. The van der Waals surface area contributed by atoms with E-state index in [-0.39, 0.29) is 17.4 Å². The number of nitrogen functional groups attached to an aromatic ring is 1. The van der Waals surface area contributed by atoms with Gasteiger partial charge in [-0.2, -0.15) is 0 Å². The van der Waals surface area contributed by atoms with Crippen LogP contribution in [0.1, 0.15) is 15.9 Å². The van der Waals surface area contributed by atoms with Crippen LogP contribution in [0.25, 0.3) is 0 Å². The van der Waals surface area contributed by atoms with Crippen LogP contribution in [-0.4, -0.2) is 22.7 Å². The lowest BCUT2D eigenvalue weighted by molar-refractivity contribution is 0.0989. The minimum atomic E-state index is -0.303. The molecule has 0 spiro atoms. The molecule has 0 radical (unpaired) electrons. The average Bonchev–Trinajstić information content (AvgIpc) is 2.84. The smallest absolute Gasteiger partial charge is 0.258 e. The van der Waals surface area contributed by atoms with Gasteiger partial charge in [0.2, 0.25) is 0 Å². The number of nitrogens with two attached hydrogens (primary N) is 1. The van der Waals surface area contributed by atoms with Crippen LogP contribution in [0.5, 0.6) is 11.5 Å². The molecule has 0 aromatic heterocycles. The van der Waals surface area contributed by atoms with Crippen LogP contribution in [0.2, 0.25) is 0 Å². The topological polar surface area (TPSA) is 86.8 Å². The molecule has 0 atom stereocenters. The maximum Gasteiger partial charge on any atom is 0.258 e. The number of fused-ring (bicyclic) bond motifs is 1. The Bertz CT molecular complexity index is 698.